The fourth-order valence-electron chi connectivity index (χ4n) is 0.641. The first kappa shape index (κ1) is 6.07. The van der Waals surface area contributed by atoms with E-state index in [-0.39, 0.29) is 6.10 Å². The van der Waals surface area contributed by atoms with Gasteiger partial charge < -0.3 is 14.3 Å². The van der Waals surface area contributed by atoms with Crippen molar-refractivity contribution < 1.29 is 14.3 Å². The number of hydrogen-bond donors (Lipinski definition) is 1. The molecule has 0 saturated carbocycles. The lowest BCUT2D eigenvalue weighted by atomic mass is 10.1. The Labute approximate surface area is 48.8 Å². The molecular weight excluding hydrogens is 107 g/mol. The summed E-state index contributed by atoms with van der Waals surface area (Å²) in [6.07, 6.45) is 1.01. The molecule has 1 fully saturated rings. The van der Waals surface area contributed by atoms with Gasteiger partial charge in [-0.3, -0.25) is 0 Å². The quantitative estimate of drug-likeness (QED) is 0.445. The largest absolute Gasteiger partial charge is 0.636 e. The monoisotopic (exact) mass is 116 g/mol. The molecule has 0 aromatic carbocycles. The third kappa shape index (κ3) is 1.47. The molecule has 1 N–H and O–H groups in total. The van der Waals surface area contributed by atoms with Gasteiger partial charge >= 0.3 is 7.32 Å². The molecular formula is C4H9BO3. The maximum absolute atomic E-state index is 8.64. The molecule has 0 aromatic heterocycles. The smallest absolute Gasteiger partial charge is 0.402 e. The average Bonchev–Trinajstić information content (AvgIpc) is 1.64. The van der Waals surface area contributed by atoms with Crippen molar-refractivity contribution in [1.29, 1.82) is 0 Å². The molecule has 1 aliphatic rings. The molecule has 3 nitrogen and oxygen atoms in total. The Morgan fingerprint density at radius 2 is 2.50 bits per heavy atom. The van der Waals surface area contributed by atoms with Gasteiger partial charge in [0, 0.05) is 12.7 Å². The van der Waals surface area contributed by atoms with Crippen LogP contribution in [0.5, 0.6) is 0 Å². The van der Waals surface area contributed by atoms with E-state index >= 15 is 0 Å². The van der Waals surface area contributed by atoms with Gasteiger partial charge in [-0.25, -0.2) is 0 Å². The lowest BCUT2D eigenvalue weighted by Crippen LogP contribution is -2.34. The second-order valence-electron chi connectivity index (χ2n) is 1.91. The summed E-state index contributed by atoms with van der Waals surface area (Å²) in [6, 6.07) is 0. The Balaban J connectivity index is 2.23. The van der Waals surface area contributed by atoms with E-state index < -0.39 is 7.32 Å². The first-order chi connectivity index (χ1) is 3.79. The Morgan fingerprint density at radius 3 is 2.88 bits per heavy atom. The predicted molar refractivity (Wildman–Crippen MR) is 29.1 cm³/mol. The molecule has 0 aliphatic carbocycles. The van der Waals surface area contributed by atoms with Crippen LogP contribution in [0.4, 0.5) is 0 Å². The van der Waals surface area contributed by atoms with Crippen LogP contribution in [-0.2, 0) is 9.31 Å². The molecule has 4 heteroatoms. The molecule has 0 radical (unpaired) electrons. The zero-order valence-corrected chi connectivity index (χ0v) is 4.83. The second-order valence-corrected chi connectivity index (χ2v) is 1.91. The average molecular weight is 116 g/mol. The molecule has 0 aromatic rings. The van der Waals surface area contributed by atoms with Crippen molar-refractivity contribution in [3.8, 4) is 0 Å². The van der Waals surface area contributed by atoms with Gasteiger partial charge in [-0.1, -0.05) is 0 Å². The molecule has 0 bridgehead atoms. The summed E-state index contributed by atoms with van der Waals surface area (Å²) >= 11 is 0. The van der Waals surface area contributed by atoms with Crippen molar-refractivity contribution in [1.82, 2.24) is 0 Å². The van der Waals surface area contributed by atoms with E-state index in [0.29, 0.717) is 6.61 Å². The maximum Gasteiger partial charge on any atom is 0.636 e. The highest BCUT2D eigenvalue weighted by atomic mass is 16.7. The fraction of sp³-hybridized carbons (Fsp3) is 1.00. The van der Waals surface area contributed by atoms with Crippen molar-refractivity contribution in [2.24, 2.45) is 0 Å². The van der Waals surface area contributed by atoms with Crippen LogP contribution in [0.2, 0.25) is 0 Å². The molecule has 0 unspecified atom stereocenters. The predicted octanol–water partition coefficient (Wildman–Crippen LogP) is -0.211. The van der Waals surface area contributed by atoms with Crippen LogP contribution in [-0.4, -0.2) is 25.1 Å². The summed E-state index contributed by atoms with van der Waals surface area (Å²) < 4.78 is 9.50. The minimum Gasteiger partial charge on any atom is -0.402 e. The molecule has 1 atom stereocenters. The van der Waals surface area contributed by atoms with Crippen molar-refractivity contribution in [2.45, 2.75) is 19.4 Å². The van der Waals surface area contributed by atoms with Crippen LogP contribution in [0.1, 0.15) is 13.3 Å². The molecule has 1 aliphatic heterocycles. The van der Waals surface area contributed by atoms with Gasteiger partial charge in [0.25, 0.3) is 0 Å². The topological polar surface area (TPSA) is 38.7 Å². The first-order valence-corrected chi connectivity index (χ1v) is 2.74. The maximum atomic E-state index is 8.64. The van der Waals surface area contributed by atoms with Crippen molar-refractivity contribution in [2.75, 3.05) is 6.61 Å². The molecule has 46 valence electrons. The summed E-state index contributed by atoms with van der Waals surface area (Å²) in [6.45, 7) is 2.51. The third-order valence-electron chi connectivity index (χ3n) is 1.13. The molecule has 1 rings (SSSR count). The fourth-order valence-corrected chi connectivity index (χ4v) is 0.641. The lowest BCUT2D eigenvalue weighted by molar-refractivity contribution is 0.0365. The highest BCUT2D eigenvalue weighted by Gasteiger charge is 2.23. The van der Waals surface area contributed by atoms with Crippen LogP contribution in [0.25, 0.3) is 0 Å². The Kier molecular flexibility index (Phi) is 1.88. The van der Waals surface area contributed by atoms with Gasteiger partial charge in [0.1, 0.15) is 0 Å². The van der Waals surface area contributed by atoms with Crippen molar-refractivity contribution >= 4 is 7.32 Å². The van der Waals surface area contributed by atoms with Gasteiger partial charge in [0.2, 0.25) is 0 Å². The molecule has 0 amide bonds. The van der Waals surface area contributed by atoms with Crippen LogP contribution in [0.3, 0.4) is 0 Å². The Morgan fingerprint density at radius 1 is 1.75 bits per heavy atom. The van der Waals surface area contributed by atoms with Gasteiger partial charge in [-0.2, -0.15) is 0 Å². The van der Waals surface area contributed by atoms with Crippen molar-refractivity contribution in [3.63, 3.8) is 0 Å². The summed E-state index contributed by atoms with van der Waals surface area (Å²) in [7, 11) is -0.987. The molecule has 8 heavy (non-hydrogen) atoms. The summed E-state index contributed by atoms with van der Waals surface area (Å²) in [5, 5.41) is 8.64. The molecule has 1 heterocycles. The van der Waals surface area contributed by atoms with E-state index in [1.165, 1.54) is 0 Å². The van der Waals surface area contributed by atoms with Gasteiger partial charge in [0.15, 0.2) is 0 Å². The summed E-state index contributed by atoms with van der Waals surface area (Å²) in [4.78, 5) is 0. The highest BCUT2D eigenvalue weighted by molar-refractivity contribution is 6.34. The Hall–Kier alpha value is -0.0551. The Bertz CT molecular complexity index is 69.7. The van der Waals surface area contributed by atoms with Crippen LogP contribution < -0.4 is 0 Å². The zero-order valence-electron chi connectivity index (χ0n) is 4.83. The van der Waals surface area contributed by atoms with Crippen molar-refractivity contribution in [3.05, 3.63) is 0 Å². The van der Waals surface area contributed by atoms with E-state index in [0.717, 1.165) is 6.42 Å². The van der Waals surface area contributed by atoms with E-state index in [1.807, 2.05) is 6.92 Å². The van der Waals surface area contributed by atoms with Gasteiger partial charge in [0.05, 0.1) is 0 Å². The molecule has 0 spiro atoms. The zero-order chi connectivity index (χ0) is 5.98. The van der Waals surface area contributed by atoms with Gasteiger partial charge in [-0.15, -0.1) is 0 Å². The highest BCUT2D eigenvalue weighted by Crippen LogP contribution is 2.05. The minimum absolute atomic E-state index is 0.138. The van der Waals surface area contributed by atoms with Crippen LogP contribution >= 0.6 is 0 Å². The van der Waals surface area contributed by atoms with Crippen LogP contribution in [0, 0.1) is 0 Å². The first-order valence-electron chi connectivity index (χ1n) is 2.74. The van der Waals surface area contributed by atoms with Crippen LogP contribution in [0.15, 0.2) is 0 Å². The molecule has 1 saturated heterocycles. The lowest BCUT2D eigenvalue weighted by Gasteiger charge is -2.20. The summed E-state index contributed by atoms with van der Waals surface area (Å²) in [5.41, 5.74) is 0. The van der Waals surface area contributed by atoms with Gasteiger partial charge in [-0.05, 0) is 13.3 Å². The number of rotatable bonds is 0. The minimum atomic E-state index is -0.987. The third-order valence-corrected chi connectivity index (χ3v) is 1.13. The normalized spacial score (nSPS) is 30.8. The summed E-state index contributed by atoms with van der Waals surface area (Å²) in [5.74, 6) is 0. The number of hydrogen-bond acceptors (Lipinski definition) is 3. The second kappa shape index (κ2) is 2.48. The standard InChI is InChI=1S/C4H9BO3/c1-4-2-3-7-5(6)8-4/h4,6H,2-3H2,1H3/t4-/m1/s1. The van der Waals surface area contributed by atoms with E-state index in [1.54, 1.807) is 0 Å². The van der Waals surface area contributed by atoms with E-state index in [4.69, 9.17) is 9.68 Å². The SMILES string of the molecule is C[C@@H]1CCOB(O)O1. The van der Waals surface area contributed by atoms with E-state index in [9.17, 15) is 0 Å². The van der Waals surface area contributed by atoms with E-state index in [2.05, 4.69) is 4.65 Å².